The number of ether oxygens (including phenoxy) is 2. The van der Waals surface area contributed by atoms with Crippen LogP contribution in [-0.4, -0.2) is 10.6 Å². The molecule has 1 aromatic carbocycles. The normalized spacial score (nSPS) is 15.5. The van der Waals surface area contributed by atoms with Gasteiger partial charge in [-0.05, 0) is 32.4 Å². The molecule has 4 nitrogen and oxygen atoms in total. The minimum atomic E-state index is -0.299. The third-order valence-corrected chi connectivity index (χ3v) is 4.60. The Morgan fingerprint density at radius 1 is 1.33 bits per heavy atom. The molecule has 0 saturated carbocycles. The van der Waals surface area contributed by atoms with Crippen LogP contribution in [0.5, 0.6) is 5.88 Å². The summed E-state index contributed by atoms with van der Waals surface area (Å²) in [6.45, 7) is 6.72. The van der Waals surface area contributed by atoms with Crippen LogP contribution < -0.4 is 4.74 Å². The van der Waals surface area contributed by atoms with Crippen LogP contribution in [0, 0.1) is 18.3 Å². The lowest BCUT2D eigenvalue weighted by Crippen LogP contribution is -2.33. The van der Waals surface area contributed by atoms with E-state index < -0.39 is 0 Å². The van der Waals surface area contributed by atoms with E-state index in [0.717, 1.165) is 22.4 Å². The summed E-state index contributed by atoms with van der Waals surface area (Å²) in [6.07, 6.45) is 0.664. The Morgan fingerprint density at radius 3 is 2.79 bits per heavy atom. The zero-order chi connectivity index (χ0) is 17.3. The van der Waals surface area contributed by atoms with Gasteiger partial charge in [0.2, 0.25) is 5.88 Å². The molecule has 124 valence electrons. The summed E-state index contributed by atoms with van der Waals surface area (Å²) in [6, 6.07) is 9.75. The molecular formula is C19H19ClN2O2. The van der Waals surface area contributed by atoms with Crippen LogP contribution in [0.4, 0.5) is 0 Å². The standard InChI is InChI=1S/C19H19ClN2O2/c1-12-16-11-24-19(2,3)8-14(16)15(9-21)18(22-12)23-10-13-6-4-5-7-17(13)20/h4-7H,8,10-11H2,1-3H3. The first-order valence-corrected chi connectivity index (χ1v) is 8.21. The molecule has 3 rings (SSSR count). The lowest BCUT2D eigenvalue weighted by molar-refractivity contribution is -0.0407. The molecule has 1 aliphatic rings. The van der Waals surface area contributed by atoms with Crippen LogP contribution >= 0.6 is 11.6 Å². The zero-order valence-electron chi connectivity index (χ0n) is 14.0. The Morgan fingerprint density at radius 2 is 2.08 bits per heavy atom. The summed E-state index contributed by atoms with van der Waals surface area (Å²) in [4.78, 5) is 4.48. The highest BCUT2D eigenvalue weighted by atomic mass is 35.5. The van der Waals surface area contributed by atoms with Gasteiger partial charge in [0, 0.05) is 28.3 Å². The molecule has 0 unspecified atom stereocenters. The Bertz CT molecular complexity index is 825. The fourth-order valence-corrected chi connectivity index (χ4v) is 3.08. The highest BCUT2D eigenvalue weighted by molar-refractivity contribution is 6.31. The molecule has 24 heavy (non-hydrogen) atoms. The number of benzene rings is 1. The van der Waals surface area contributed by atoms with Crippen LogP contribution in [0.1, 0.15) is 41.8 Å². The third kappa shape index (κ3) is 3.24. The van der Waals surface area contributed by atoms with Gasteiger partial charge in [-0.3, -0.25) is 0 Å². The molecule has 2 heterocycles. The minimum absolute atomic E-state index is 0.277. The number of fused-ring (bicyclic) bond motifs is 1. The second-order valence-electron chi connectivity index (χ2n) is 6.55. The first-order valence-electron chi connectivity index (χ1n) is 7.84. The number of halogens is 1. The van der Waals surface area contributed by atoms with Crippen LogP contribution in [0.2, 0.25) is 5.02 Å². The first-order chi connectivity index (χ1) is 11.4. The Balaban J connectivity index is 1.96. The molecule has 0 spiro atoms. The smallest absolute Gasteiger partial charge is 0.232 e. The summed E-state index contributed by atoms with van der Waals surface area (Å²) < 4.78 is 11.7. The molecule has 0 atom stereocenters. The summed E-state index contributed by atoms with van der Waals surface area (Å²) in [5.41, 5.74) is 3.88. The van der Waals surface area contributed by atoms with Crippen molar-refractivity contribution in [1.29, 1.82) is 5.26 Å². The van der Waals surface area contributed by atoms with Crippen molar-refractivity contribution in [2.45, 2.75) is 46.0 Å². The molecule has 0 aliphatic carbocycles. The number of pyridine rings is 1. The molecule has 0 N–H and O–H groups in total. The quantitative estimate of drug-likeness (QED) is 0.832. The Kier molecular flexibility index (Phi) is 4.49. The second kappa shape index (κ2) is 6.43. The largest absolute Gasteiger partial charge is 0.472 e. The average molecular weight is 343 g/mol. The van der Waals surface area contributed by atoms with E-state index in [-0.39, 0.29) is 12.2 Å². The Labute approximate surface area is 147 Å². The summed E-state index contributed by atoms with van der Waals surface area (Å²) >= 11 is 6.17. The monoisotopic (exact) mass is 342 g/mol. The maximum Gasteiger partial charge on any atom is 0.232 e. The van der Waals surface area contributed by atoms with E-state index in [4.69, 9.17) is 21.1 Å². The van der Waals surface area contributed by atoms with E-state index >= 15 is 0 Å². The van der Waals surface area contributed by atoms with E-state index in [0.29, 0.717) is 29.5 Å². The number of nitriles is 1. The fourth-order valence-electron chi connectivity index (χ4n) is 2.89. The number of rotatable bonds is 3. The third-order valence-electron chi connectivity index (χ3n) is 4.23. The van der Waals surface area contributed by atoms with Crippen LogP contribution in [0.15, 0.2) is 24.3 Å². The predicted molar refractivity (Wildman–Crippen MR) is 92.0 cm³/mol. The number of aromatic nitrogens is 1. The zero-order valence-corrected chi connectivity index (χ0v) is 14.8. The molecule has 2 aromatic rings. The van der Waals surface area contributed by atoms with Crippen molar-refractivity contribution in [2.75, 3.05) is 0 Å². The van der Waals surface area contributed by atoms with Gasteiger partial charge < -0.3 is 9.47 Å². The SMILES string of the molecule is Cc1nc(OCc2ccccc2Cl)c(C#N)c2c1COC(C)(C)C2. The molecule has 1 aliphatic heterocycles. The van der Waals surface area contributed by atoms with Gasteiger partial charge in [-0.1, -0.05) is 29.8 Å². The number of hydrogen-bond donors (Lipinski definition) is 0. The molecule has 1 aromatic heterocycles. The lowest BCUT2D eigenvalue weighted by atomic mass is 9.88. The number of nitrogens with zero attached hydrogens (tertiary/aromatic N) is 2. The average Bonchev–Trinajstić information content (AvgIpc) is 2.53. The number of aryl methyl sites for hydroxylation is 1. The van der Waals surface area contributed by atoms with Crippen molar-refractivity contribution in [3.05, 3.63) is 57.2 Å². The summed E-state index contributed by atoms with van der Waals surface area (Å²) in [5.74, 6) is 0.367. The van der Waals surface area contributed by atoms with Gasteiger partial charge in [-0.2, -0.15) is 5.26 Å². The van der Waals surface area contributed by atoms with Gasteiger partial charge in [0.1, 0.15) is 18.2 Å². The van der Waals surface area contributed by atoms with Crippen molar-refractivity contribution in [1.82, 2.24) is 4.98 Å². The highest BCUT2D eigenvalue weighted by Crippen LogP contribution is 2.35. The summed E-state index contributed by atoms with van der Waals surface area (Å²) in [5, 5.41) is 10.3. The van der Waals surface area contributed by atoms with Gasteiger partial charge in [-0.15, -0.1) is 0 Å². The Hall–Kier alpha value is -2.09. The second-order valence-corrected chi connectivity index (χ2v) is 6.96. The first kappa shape index (κ1) is 16.8. The van der Waals surface area contributed by atoms with Crippen LogP contribution in [0.25, 0.3) is 0 Å². The van der Waals surface area contributed by atoms with Crippen LogP contribution in [0.3, 0.4) is 0 Å². The van der Waals surface area contributed by atoms with E-state index in [1.54, 1.807) is 0 Å². The molecule has 0 radical (unpaired) electrons. The maximum atomic E-state index is 9.65. The molecular weight excluding hydrogens is 324 g/mol. The molecule has 0 fully saturated rings. The topological polar surface area (TPSA) is 55.1 Å². The molecule has 0 saturated heterocycles. The van der Waals surface area contributed by atoms with E-state index in [1.807, 2.05) is 45.0 Å². The van der Waals surface area contributed by atoms with E-state index in [1.165, 1.54) is 0 Å². The van der Waals surface area contributed by atoms with Crippen molar-refractivity contribution < 1.29 is 9.47 Å². The fraction of sp³-hybridized carbons (Fsp3) is 0.368. The van der Waals surface area contributed by atoms with Crippen molar-refractivity contribution >= 4 is 11.6 Å². The lowest BCUT2D eigenvalue weighted by Gasteiger charge is -2.33. The van der Waals surface area contributed by atoms with E-state index in [9.17, 15) is 5.26 Å². The number of hydrogen-bond acceptors (Lipinski definition) is 4. The predicted octanol–water partition coefficient (Wildman–Crippen LogP) is 4.35. The van der Waals surface area contributed by atoms with Gasteiger partial charge in [0.15, 0.2) is 0 Å². The molecule has 0 bridgehead atoms. The van der Waals surface area contributed by atoms with Gasteiger partial charge in [-0.25, -0.2) is 4.98 Å². The van der Waals surface area contributed by atoms with E-state index in [2.05, 4.69) is 11.1 Å². The van der Waals surface area contributed by atoms with Gasteiger partial charge >= 0.3 is 0 Å². The highest BCUT2D eigenvalue weighted by Gasteiger charge is 2.31. The van der Waals surface area contributed by atoms with Crippen LogP contribution in [-0.2, 0) is 24.4 Å². The van der Waals surface area contributed by atoms with Crippen molar-refractivity contribution in [2.24, 2.45) is 0 Å². The van der Waals surface area contributed by atoms with Gasteiger partial charge in [0.25, 0.3) is 0 Å². The van der Waals surface area contributed by atoms with Crippen molar-refractivity contribution in [3.63, 3.8) is 0 Å². The minimum Gasteiger partial charge on any atom is -0.472 e. The molecule has 0 amide bonds. The maximum absolute atomic E-state index is 9.65. The van der Waals surface area contributed by atoms with Gasteiger partial charge in [0.05, 0.1) is 12.2 Å². The molecule has 5 heteroatoms. The summed E-state index contributed by atoms with van der Waals surface area (Å²) in [7, 11) is 0. The van der Waals surface area contributed by atoms with Crippen molar-refractivity contribution in [3.8, 4) is 11.9 Å².